The van der Waals surface area contributed by atoms with Gasteiger partial charge in [-0.25, -0.2) is 4.98 Å². The summed E-state index contributed by atoms with van der Waals surface area (Å²) in [7, 11) is 0. The van der Waals surface area contributed by atoms with Crippen LogP contribution in [0.4, 0.5) is 0 Å². The van der Waals surface area contributed by atoms with Gasteiger partial charge in [0.05, 0.1) is 16.9 Å². The first-order chi connectivity index (χ1) is 12.1. The summed E-state index contributed by atoms with van der Waals surface area (Å²) < 4.78 is 0. The number of pyridine rings is 1. The van der Waals surface area contributed by atoms with Gasteiger partial charge in [0.25, 0.3) is 11.5 Å². The van der Waals surface area contributed by atoms with Crippen LogP contribution in [0.1, 0.15) is 35.2 Å². The molecule has 1 aromatic carbocycles. The maximum absolute atomic E-state index is 12.8. The number of para-hydroxylation sites is 1. The third-order valence-electron chi connectivity index (χ3n) is 4.46. The molecule has 0 aliphatic carbocycles. The topological polar surface area (TPSA) is 98.9 Å². The lowest BCUT2D eigenvalue weighted by Gasteiger charge is -2.24. The minimum Gasteiger partial charge on any atom is -0.327 e. The number of fused-ring (bicyclic) bond motifs is 1. The van der Waals surface area contributed by atoms with Crippen LogP contribution in [0, 0.1) is 0 Å². The number of likely N-dealkylation sites (tertiary alicyclic amines) is 1. The molecular weight excluding hydrogens is 320 g/mol. The number of aromatic amines is 2. The van der Waals surface area contributed by atoms with E-state index in [2.05, 4.69) is 15.0 Å². The van der Waals surface area contributed by atoms with Crippen molar-refractivity contribution in [1.29, 1.82) is 0 Å². The first kappa shape index (κ1) is 15.3. The van der Waals surface area contributed by atoms with Crippen LogP contribution in [0.2, 0.25) is 0 Å². The highest BCUT2D eigenvalue weighted by Crippen LogP contribution is 2.30. The number of aromatic nitrogens is 3. The van der Waals surface area contributed by atoms with E-state index in [1.54, 1.807) is 35.2 Å². The van der Waals surface area contributed by atoms with Gasteiger partial charge in [0.1, 0.15) is 11.5 Å². The number of nitrogens with one attached hydrogen (secondary N) is 2. The molecule has 0 bridgehead atoms. The predicted molar refractivity (Wildman–Crippen MR) is 92.4 cm³/mol. The quantitative estimate of drug-likeness (QED) is 0.742. The third-order valence-corrected chi connectivity index (χ3v) is 4.46. The van der Waals surface area contributed by atoms with Crippen molar-refractivity contribution in [2.45, 2.75) is 18.9 Å². The van der Waals surface area contributed by atoms with Crippen molar-refractivity contribution in [3.05, 3.63) is 74.7 Å². The molecular formula is C18H16N4O3. The fourth-order valence-corrected chi connectivity index (χ4v) is 3.28. The third kappa shape index (κ3) is 2.73. The molecule has 1 fully saturated rings. The summed E-state index contributed by atoms with van der Waals surface area (Å²) >= 11 is 0. The number of hydrogen-bond donors (Lipinski definition) is 2. The van der Waals surface area contributed by atoms with Crippen molar-refractivity contribution in [2.75, 3.05) is 6.54 Å². The van der Waals surface area contributed by atoms with Crippen LogP contribution in [0.3, 0.4) is 0 Å². The standard InChI is InChI=1S/C18H16N4O3/c23-15-9-3-7-13(19-15)18(25)22-10-4-8-14(22)16-20-12-6-2-1-5-11(12)17(24)21-16/h1-3,5-7,9,14H,4,8,10H2,(H,19,23)(H,20,21,24). The van der Waals surface area contributed by atoms with E-state index < -0.39 is 0 Å². The summed E-state index contributed by atoms with van der Waals surface area (Å²) in [5, 5.41) is 0.523. The molecule has 7 nitrogen and oxygen atoms in total. The average molecular weight is 336 g/mol. The number of nitrogens with zero attached hydrogens (tertiary/aromatic N) is 2. The van der Waals surface area contributed by atoms with E-state index in [9.17, 15) is 14.4 Å². The van der Waals surface area contributed by atoms with Crippen LogP contribution in [0.25, 0.3) is 10.9 Å². The fraction of sp³-hybridized carbons (Fsp3) is 0.222. The van der Waals surface area contributed by atoms with Crippen LogP contribution in [-0.2, 0) is 0 Å². The molecule has 2 N–H and O–H groups in total. The minimum atomic E-state index is -0.321. The molecule has 0 radical (unpaired) electrons. The lowest BCUT2D eigenvalue weighted by Crippen LogP contribution is -2.33. The van der Waals surface area contributed by atoms with Gasteiger partial charge in [-0.05, 0) is 31.0 Å². The van der Waals surface area contributed by atoms with Crippen molar-refractivity contribution in [3.8, 4) is 0 Å². The second-order valence-corrected chi connectivity index (χ2v) is 6.05. The van der Waals surface area contributed by atoms with Crippen LogP contribution in [-0.4, -0.2) is 32.3 Å². The molecule has 7 heteroatoms. The Morgan fingerprint density at radius 2 is 1.92 bits per heavy atom. The highest BCUT2D eigenvalue weighted by molar-refractivity contribution is 5.92. The van der Waals surface area contributed by atoms with E-state index in [4.69, 9.17) is 0 Å². The molecule has 1 unspecified atom stereocenters. The number of carbonyl (C=O) groups excluding carboxylic acids is 1. The summed E-state index contributed by atoms with van der Waals surface area (Å²) in [6.45, 7) is 0.553. The predicted octanol–water partition coefficient (Wildman–Crippen LogP) is 1.59. The maximum atomic E-state index is 12.8. The Labute approximate surface area is 142 Å². The Kier molecular flexibility index (Phi) is 3.68. The Morgan fingerprint density at radius 3 is 2.76 bits per heavy atom. The molecule has 1 atom stereocenters. The van der Waals surface area contributed by atoms with Crippen LogP contribution in [0.15, 0.2) is 52.1 Å². The molecule has 1 aliphatic heterocycles. The molecule has 25 heavy (non-hydrogen) atoms. The zero-order chi connectivity index (χ0) is 17.4. The largest absolute Gasteiger partial charge is 0.327 e. The van der Waals surface area contributed by atoms with Crippen molar-refractivity contribution in [3.63, 3.8) is 0 Å². The number of hydrogen-bond acceptors (Lipinski definition) is 4. The van der Waals surface area contributed by atoms with Gasteiger partial charge in [0, 0.05) is 12.6 Å². The first-order valence-electron chi connectivity index (χ1n) is 8.13. The summed E-state index contributed by atoms with van der Waals surface area (Å²) in [4.78, 5) is 48.1. The molecule has 1 amide bonds. The van der Waals surface area contributed by atoms with Gasteiger partial charge in [0.15, 0.2) is 0 Å². The maximum Gasteiger partial charge on any atom is 0.270 e. The monoisotopic (exact) mass is 336 g/mol. The van der Waals surface area contributed by atoms with Gasteiger partial charge >= 0.3 is 0 Å². The molecule has 4 rings (SSSR count). The van der Waals surface area contributed by atoms with Crippen molar-refractivity contribution >= 4 is 16.8 Å². The van der Waals surface area contributed by atoms with E-state index in [1.807, 2.05) is 6.07 Å². The van der Waals surface area contributed by atoms with Crippen molar-refractivity contribution in [1.82, 2.24) is 19.9 Å². The second kappa shape index (κ2) is 6.01. The molecule has 2 aromatic heterocycles. The molecule has 1 aliphatic rings. The smallest absolute Gasteiger partial charge is 0.270 e. The van der Waals surface area contributed by atoms with Crippen molar-refractivity contribution < 1.29 is 4.79 Å². The summed E-state index contributed by atoms with van der Waals surface area (Å²) in [5.41, 5.74) is 0.308. The number of benzene rings is 1. The molecule has 3 heterocycles. The molecule has 1 saturated heterocycles. The first-order valence-corrected chi connectivity index (χ1v) is 8.13. The number of carbonyl (C=O) groups is 1. The summed E-state index contributed by atoms with van der Waals surface area (Å²) in [5.74, 6) is 0.212. The van der Waals surface area contributed by atoms with Gasteiger partial charge in [-0.15, -0.1) is 0 Å². The van der Waals surface area contributed by atoms with Gasteiger partial charge < -0.3 is 14.9 Å². The van der Waals surface area contributed by atoms with Crippen LogP contribution >= 0.6 is 0 Å². The fourth-order valence-electron chi connectivity index (χ4n) is 3.28. The van der Waals surface area contributed by atoms with E-state index >= 15 is 0 Å². The summed E-state index contributed by atoms with van der Waals surface area (Å²) in [6.07, 6.45) is 1.52. The highest BCUT2D eigenvalue weighted by atomic mass is 16.2. The lowest BCUT2D eigenvalue weighted by atomic mass is 10.1. The van der Waals surface area contributed by atoms with E-state index in [0.717, 1.165) is 6.42 Å². The molecule has 0 spiro atoms. The number of rotatable bonds is 2. The molecule has 126 valence electrons. The summed E-state index contributed by atoms with van der Waals surface area (Å²) in [6, 6.07) is 11.3. The average Bonchev–Trinajstić information content (AvgIpc) is 3.11. The minimum absolute atomic E-state index is 0.215. The van der Waals surface area contributed by atoms with Gasteiger partial charge in [-0.1, -0.05) is 18.2 Å². The number of amides is 1. The van der Waals surface area contributed by atoms with E-state index in [1.165, 1.54) is 6.07 Å². The van der Waals surface area contributed by atoms with E-state index in [0.29, 0.717) is 29.7 Å². The normalized spacial score (nSPS) is 17.1. The Morgan fingerprint density at radius 1 is 1.08 bits per heavy atom. The second-order valence-electron chi connectivity index (χ2n) is 6.05. The molecule has 0 saturated carbocycles. The van der Waals surface area contributed by atoms with Crippen LogP contribution < -0.4 is 11.1 Å². The highest BCUT2D eigenvalue weighted by Gasteiger charge is 2.32. The zero-order valence-electron chi connectivity index (χ0n) is 13.4. The Bertz CT molecular complexity index is 1070. The SMILES string of the molecule is O=C(c1cccc(=O)[nH]1)N1CCCC1c1nc2ccccc2c(=O)[nH]1. The van der Waals surface area contributed by atoms with Crippen molar-refractivity contribution in [2.24, 2.45) is 0 Å². The lowest BCUT2D eigenvalue weighted by molar-refractivity contribution is 0.0723. The van der Waals surface area contributed by atoms with Gasteiger partial charge in [-0.3, -0.25) is 14.4 Å². The van der Waals surface area contributed by atoms with Crippen LogP contribution in [0.5, 0.6) is 0 Å². The Balaban J connectivity index is 1.73. The van der Waals surface area contributed by atoms with E-state index in [-0.39, 0.29) is 28.8 Å². The number of H-pyrrole nitrogens is 2. The zero-order valence-corrected chi connectivity index (χ0v) is 13.4. The Hall–Kier alpha value is -3.22. The molecule has 3 aromatic rings. The van der Waals surface area contributed by atoms with Gasteiger partial charge in [-0.2, -0.15) is 0 Å². The van der Waals surface area contributed by atoms with Gasteiger partial charge in [0.2, 0.25) is 5.56 Å².